The van der Waals surface area contributed by atoms with Gasteiger partial charge in [-0.25, -0.2) is 0 Å². The van der Waals surface area contributed by atoms with E-state index in [4.69, 9.17) is 0 Å². The van der Waals surface area contributed by atoms with Gasteiger partial charge in [0.2, 0.25) is 11.8 Å². The van der Waals surface area contributed by atoms with E-state index < -0.39 is 0 Å². The fourth-order valence-electron chi connectivity index (χ4n) is 3.60. The maximum atomic E-state index is 12.5. The van der Waals surface area contributed by atoms with Crippen molar-refractivity contribution in [3.8, 4) is 0 Å². The number of amides is 2. The predicted octanol–water partition coefficient (Wildman–Crippen LogP) is 1.69. The number of hydrogen-bond acceptors (Lipinski definition) is 3. The first-order valence-electron chi connectivity index (χ1n) is 9.12. The molecular formula is C18H28N4O2. The van der Waals surface area contributed by atoms with Crippen LogP contribution in [0.4, 0.5) is 0 Å². The van der Waals surface area contributed by atoms with Gasteiger partial charge in [-0.15, -0.1) is 0 Å². The van der Waals surface area contributed by atoms with Gasteiger partial charge in [-0.2, -0.15) is 5.10 Å². The second-order valence-electron chi connectivity index (χ2n) is 7.26. The van der Waals surface area contributed by atoms with Crippen LogP contribution in [-0.4, -0.2) is 57.6 Å². The molecule has 6 heteroatoms. The maximum absolute atomic E-state index is 12.5. The van der Waals surface area contributed by atoms with Crippen molar-refractivity contribution in [1.82, 2.24) is 19.6 Å². The molecule has 24 heavy (non-hydrogen) atoms. The van der Waals surface area contributed by atoms with Crippen molar-refractivity contribution in [3.05, 3.63) is 18.0 Å². The van der Waals surface area contributed by atoms with E-state index in [2.05, 4.69) is 5.10 Å². The Morgan fingerprint density at radius 3 is 2.42 bits per heavy atom. The molecule has 0 aromatic carbocycles. The van der Waals surface area contributed by atoms with Gasteiger partial charge in [0.05, 0.1) is 24.1 Å². The summed E-state index contributed by atoms with van der Waals surface area (Å²) in [6.07, 6.45) is 6.58. The van der Waals surface area contributed by atoms with Crippen LogP contribution < -0.4 is 0 Å². The summed E-state index contributed by atoms with van der Waals surface area (Å²) in [5.74, 6) is 0.268. The zero-order chi connectivity index (χ0) is 17.1. The summed E-state index contributed by atoms with van der Waals surface area (Å²) < 4.78 is 1.82. The van der Waals surface area contributed by atoms with Crippen molar-refractivity contribution in [2.75, 3.05) is 26.2 Å². The lowest BCUT2D eigenvalue weighted by Crippen LogP contribution is -2.57. The molecule has 2 aliphatic rings. The molecule has 2 aliphatic heterocycles. The Morgan fingerprint density at radius 1 is 1.17 bits per heavy atom. The van der Waals surface area contributed by atoms with Crippen molar-refractivity contribution in [3.63, 3.8) is 0 Å². The summed E-state index contributed by atoms with van der Waals surface area (Å²) >= 11 is 0. The van der Waals surface area contributed by atoms with Crippen molar-refractivity contribution in [2.45, 2.75) is 46.1 Å². The monoisotopic (exact) mass is 332 g/mol. The lowest BCUT2D eigenvalue weighted by Gasteiger charge is -2.41. The van der Waals surface area contributed by atoms with Crippen LogP contribution in [0.25, 0.3) is 0 Å². The molecule has 1 atom stereocenters. The number of rotatable bonds is 4. The summed E-state index contributed by atoms with van der Waals surface area (Å²) in [7, 11) is 0. The normalized spacial score (nSPS) is 20.4. The first kappa shape index (κ1) is 17.0. The van der Waals surface area contributed by atoms with Gasteiger partial charge in [-0.05, 0) is 25.8 Å². The first-order chi connectivity index (χ1) is 11.5. The average Bonchev–Trinajstić information content (AvgIpc) is 2.76. The quantitative estimate of drug-likeness (QED) is 0.843. The van der Waals surface area contributed by atoms with Crippen LogP contribution in [-0.2, 0) is 16.1 Å². The van der Waals surface area contributed by atoms with E-state index in [0.29, 0.717) is 19.6 Å². The van der Waals surface area contributed by atoms with Gasteiger partial charge >= 0.3 is 0 Å². The van der Waals surface area contributed by atoms with E-state index in [1.807, 2.05) is 40.6 Å². The zero-order valence-electron chi connectivity index (χ0n) is 14.8. The van der Waals surface area contributed by atoms with Crippen molar-refractivity contribution < 1.29 is 9.59 Å². The molecule has 0 N–H and O–H groups in total. The summed E-state index contributed by atoms with van der Waals surface area (Å²) in [5, 5.41) is 4.33. The molecule has 2 amide bonds. The Hall–Kier alpha value is -1.85. The Morgan fingerprint density at radius 2 is 1.83 bits per heavy atom. The molecule has 1 aromatic heterocycles. The lowest BCUT2D eigenvalue weighted by molar-refractivity contribution is -0.150. The van der Waals surface area contributed by atoms with E-state index >= 15 is 0 Å². The molecule has 1 aromatic rings. The van der Waals surface area contributed by atoms with Crippen LogP contribution in [0, 0.1) is 18.8 Å². The first-order valence-corrected chi connectivity index (χ1v) is 9.12. The third-order valence-electron chi connectivity index (χ3n) is 5.12. The van der Waals surface area contributed by atoms with Crippen molar-refractivity contribution >= 4 is 11.8 Å². The van der Waals surface area contributed by atoms with Gasteiger partial charge in [0.1, 0.15) is 0 Å². The highest BCUT2D eigenvalue weighted by molar-refractivity contribution is 5.85. The number of aromatic nitrogens is 2. The highest BCUT2D eigenvalue weighted by atomic mass is 16.2. The number of carbonyl (C=O) groups excluding carboxylic acids is 2. The van der Waals surface area contributed by atoms with E-state index in [1.54, 1.807) is 0 Å². The Labute approximate surface area is 143 Å². The average molecular weight is 332 g/mol. The molecule has 132 valence electrons. The molecule has 0 unspecified atom stereocenters. The standard InChI is InChI=1S/C18H28N4O2/c1-14(11-22-10-7-15(2)19-22)17(23)21-12-16(13-21)18(24)20-8-5-3-4-6-9-20/h7,10,14,16H,3-6,8-9,11-13H2,1-2H3/t14-/m1/s1. The topological polar surface area (TPSA) is 58.4 Å². The SMILES string of the molecule is Cc1ccn(C[C@@H](C)C(=O)N2CC(C(=O)N3CCCCCC3)C2)n1. The second-order valence-corrected chi connectivity index (χ2v) is 7.26. The minimum absolute atomic E-state index is 0.00574. The molecule has 3 rings (SSSR count). The maximum Gasteiger partial charge on any atom is 0.229 e. The molecule has 6 nitrogen and oxygen atoms in total. The molecule has 0 aliphatic carbocycles. The highest BCUT2D eigenvalue weighted by Gasteiger charge is 2.39. The molecule has 2 fully saturated rings. The molecule has 0 spiro atoms. The van der Waals surface area contributed by atoms with E-state index in [0.717, 1.165) is 31.6 Å². The van der Waals surface area contributed by atoms with Gasteiger partial charge in [-0.3, -0.25) is 14.3 Å². The van der Waals surface area contributed by atoms with Crippen molar-refractivity contribution in [1.29, 1.82) is 0 Å². The predicted molar refractivity (Wildman–Crippen MR) is 91.2 cm³/mol. The fraction of sp³-hybridized carbons (Fsp3) is 0.722. The molecule has 0 radical (unpaired) electrons. The number of hydrogen-bond donors (Lipinski definition) is 0. The van der Waals surface area contributed by atoms with E-state index in [-0.39, 0.29) is 23.7 Å². The minimum Gasteiger partial charge on any atom is -0.342 e. The van der Waals surface area contributed by atoms with Crippen LogP contribution in [0.2, 0.25) is 0 Å². The Kier molecular flexibility index (Phi) is 5.21. The summed E-state index contributed by atoms with van der Waals surface area (Å²) in [6, 6.07) is 1.94. The van der Waals surface area contributed by atoms with Gasteiger partial charge in [0.15, 0.2) is 0 Å². The van der Waals surface area contributed by atoms with Gasteiger partial charge in [0, 0.05) is 32.4 Å². The summed E-state index contributed by atoms with van der Waals surface area (Å²) in [6.45, 7) is 7.40. The van der Waals surface area contributed by atoms with Crippen LogP contribution in [0.15, 0.2) is 12.3 Å². The van der Waals surface area contributed by atoms with Gasteiger partial charge in [-0.1, -0.05) is 19.8 Å². The zero-order valence-corrected chi connectivity index (χ0v) is 14.8. The second kappa shape index (κ2) is 7.36. The number of aryl methyl sites for hydroxylation is 1. The van der Waals surface area contributed by atoms with Crippen LogP contribution >= 0.6 is 0 Å². The van der Waals surface area contributed by atoms with Crippen LogP contribution in [0.5, 0.6) is 0 Å². The minimum atomic E-state index is -0.112. The van der Waals surface area contributed by atoms with Crippen LogP contribution in [0.3, 0.4) is 0 Å². The molecule has 0 saturated carbocycles. The van der Waals surface area contributed by atoms with E-state index in [9.17, 15) is 9.59 Å². The fourth-order valence-corrected chi connectivity index (χ4v) is 3.60. The number of nitrogens with zero attached hydrogens (tertiary/aromatic N) is 4. The third-order valence-corrected chi connectivity index (χ3v) is 5.12. The summed E-state index contributed by atoms with van der Waals surface area (Å²) in [4.78, 5) is 28.9. The van der Waals surface area contributed by atoms with Crippen LogP contribution in [0.1, 0.15) is 38.3 Å². The Balaban J connectivity index is 1.46. The molecule has 2 saturated heterocycles. The largest absolute Gasteiger partial charge is 0.342 e. The summed E-state index contributed by atoms with van der Waals surface area (Å²) in [5.41, 5.74) is 0.960. The lowest BCUT2D eigenvalue weighted by atomic mass is 9.96. The van der Waals surface area contributed by atoms with Gasteiger partial charge in [0.25, 0.3) is 0 Å². The Bertz CT molecular complexity index is 584. The van der Waals surface area contributed by atoms with Gasteiger partial charge < -0.3 is 9.80 Å². The number of carbonyl (C=O) groups is 2. The third kappa shape index (κ3) is 3.79. The highest BCUT2D eigenvalue weighted by Crippen LogP contribution is 2.22. The molecule has 0 bridgehead atoms. The van der Waals surface area contributed by atoms with Crippen molar-refractivity contribution in [2.24, 2.45) is 11.8 Å². The molecule has 3 heterocycles. The molecular weight excluding hydrogens is 304 g/mol. The smallest absolute Gasteiger partial charge is 0.229 e. The number of likely N-dealkylation sites (tertiary alicyclic amines) is 2. The van der Waals surface area contributed by atoms with E-state index in [1.165, 1.54) is 12.8 Å².